The van der Waals surface area contributed by atoms with Gasteiger partial charge in [-0.2, -0.15) is 0 Å². The molecule has 302 valence electrons. The number of unbranched alkanes of at least 4 members (excludes halogenated alkanes) is 1. The van der Waals surface area contributed by atoms with Crippen LogP contribution in [0, 0.1) is 18.6 Å². The van der Waals surface area contributed by atoms with Crippen LogP contribution in [0.4, 0.5) is 13.6 Å². The summed E-state index contributed by atoms with van der Waals surface area (Å²) in [6, 6.07) is 14.2. The fourth-order valence-corrected chi connectivity index (χ4v) is 9.04. The number of hydrogen-bond acceptors (Lipinski definition) is 10. The zero-order chi connectivity index (χ0) is 39.9. The Morgan fingerprint density at radius 2 is 1.71 bits per heavy atom. The predicted octanol–water partition coefficient (Wildman–Crippen LogP) is 7.03. The third-order valence-electron chi connectivity index (χ3n) is 10.3. The predicted molar refractivity (Wildman–Crippen MR) is 204 cm³/mol. The molecule has 1 aliphatic carbocycles. The lowest BCUT2D eigenvalue weighted by Crippen LogP contribution is -2.61. The molecule has 0 aromatic heterocycles. The molecule has 1 saturated carbocycles. The Morgan fingerprint density at radius 1 is 0.982 bits per heavy atom. The number of hydrogen-bond donors (Lipinski definition) is 2. The lowest BCUT2D eigenvalue weighted by molar-refractivity contribution is -0.492. The summed E-state index contributed by atoms with van der Waals surface area (Å²) >= 11 is 4.60. The fraction of sp³-hybridized carbons (Fsp3) is 0.450. The van der Waals surface area contributed by atoms with Crippen LogP contribution in [0.3, 0.4) is 0 Å². The molecule has 3 aromatic rings. The van der Waals surface area contributed by atoms with Gasteiger partial charge >= 0.3 is 6.09 Å². The van der Waals surface area contributed by atoms with Gasteiger partial charge in [-0.05, 0) is 109 Å². The molecule has 3 aliphatic rings. The molecule has 2 bridgehead atoms. The minimum atomic E-state index is -1.29. The Kier molecular flexibility index (Phi) is 14.1. The summed E-state index contributed by atoms with van der Waals surface area (Å²) in [4.78, 5) is 36.8. The topological polar surface area (TPSA) is 144 Å². The van der Waals surface area contributed by atoms with Crippen LogP contribution < -0.4 is 9.47 Å². The lowest BCUT2D eigenvalue weighted by Gasteiger charge is -2.47. The second kappa shape index (κ2) is 19.0. The summed E-state index contributed by atoms with van der Waals surface area (Å²) in [6.45, 7) is 2.45. The highest BCUT2D eigenvalue weighted by molar-refractivity contribution is 7.91. The standard InChI is InChI=1S/C40H46ClF2N3O9S/c1-25-28(8-5-9-35(25)52-2)22-44(29-14-15-29)39(47)36-31(21-30-23-56(51)24-34(36)45(30)40(48)54-18-3-4-20-55-46(49)50)27-12-10-26(11-13-27)7-6-19-53-38-33(43)17-16-32(42)37(38)41/h5,8-13,16-17,29-30,34,49-50H,3-4,6-7,14-15,18-24H2,1-2H3. The molecule has 0 spiro atoms. The molecule has 2 N–H and O–H groups in total. The molecule has 3 atom stereocenters. The van der Waals surface area contributed by atoms with Gasteiger partial charge in [0.15, 0.2) is 11.6 Å². The summed E-state index contributed by atoms with van der Waals surface area (Å²) in [7, 11) is 1.61. The van der Waals surface area contributed by atoms with Crippen molar-refractivity contribution in [1.29, 1.82) is 0 Å². The van der Waals surface area contributed by atoms with Crippen LogP contribution in [0.15, 0.2) is 60.2 Å². The maximum Gasteiger partial charge on any atom is 0.410 e. The Hall–Kier alpha value is -3.96. The molecule has 2 fully saturated rings. The summed E-state index contributed by atoms with van der Waals surface area (Å²) in [6.07, 6.45) is 3.22. The van der Waals surface area contributed by atoms with Crippen LogP contribution in [-0.2, 0) is 38.5 Å². The first-order valence-electron chi connectivity index (χ1n) is 18.6. The van der Waals surface area contributed by atoms with E-state index in [0.29, 0.717) is 44.2 Å². The fourth-order valence-electron chi connectivity index (χ4n) is 7.31. The van der Waals surface area contributed by atoms with Crippen molar-refractivity contribution in [3.05, 3.63) is 99.1 Å². The summed E-state index contributed by atoms with van der Waals surface area (Å²) in [5.74, 6) is -1.01. The van der Waals surface area contributed by atoms with Crippen molar-refractivity contribution in [3.8, 4) is 11.5 Å². The van der Waals surface area contributed by atoms with Gasteiger partial charge in [0.25, 0.3) is 5.91 Å². The van der Waals surface area contributed by atoms with E-state index in [2.05, 4.69) is 4.84 Å². The molecule has 2 heterocycles. The number of carbonyl (C=O) groups excluding carboxylic acids is 2. The van der Waals surface area contributed by atoms with Gasteiger partial charge in [0, 0.05) is 18.2 Å². The molecule has 56 heavy (non-hydrogen) atoms. The lowest BCUT2D eigenvalue weighted by atomic mass is 9.84. The van der Waals surface area contributed by atoms with Crippen molar-refractivity contribution in [3.63, 3.8) is 0 Å². The number of halogens is 3. The number of aryl methyl sites for hydroxylation is 1. The van der Waals surface area contributed by atoms with E-state index < -0.39 is 46.0 Å². The van der Waals surface area contributed by atoms with E-state index in [4.69, 9.17) is 36.2 Å². The number of nitrogens with zero attached hydrogens (tertiary/aromatic N) is 3. The van der Waals surface area contributed by atoms with Gasteiger partial charge in [-0.15, -0.1) is 0 Å². The Labute approximate surface area is 332 Å². The van der Waals surface area contributed by atoms with E-state index in [9.17, 15) is 18.1 Å². The van der Waals surface area contributed by atoms with Gasteiger partial charge in [0.1, 0.15) is 34.1 Å². The monoisotopic (exact) mass is 817 g/mol. The summed E-state index contributed by atoms with van der Waals surface area (Å²) in [5.41, 5.74) is 4.86. The molecule has 12 nitrogen and oxygen atoms in total. The minimum absolute atomic E-state index is 0.00332. The van der Waals surface area contributed by atoms with Crippen LogP contribution in [-0.4, -0.2) is 98.7 Å². The van der Waals surface area contributed by atoms with Gasteiger partial charge < -0.3 is 23.7 Å². The van der Waals surface area contributed by atoms with Crippen molar-refractivity contribution in [2.45, 2.75) is 76.5 Å². The number of benzene rings is 3. The highest BCUT2D eigenvalue weighted by Crippen LogP contribution is 2.42. The van der Waals surface area contributed by atoms with E-state index in [1.165, 1.54) is 0 Å². The first kappa shape index (κ1) is 41.7. The second-order valence-corrected chi connectivity index (χ2v) is 16.0. The van der Waals surface area contributed by atoms with Crippen LogP contribution in [0.25, 0.3) is 5.57 Å². The van der Waals surface area contributed by atoms with Crippen molar-refractivity contribution >= 4 is 40.4 Å². The van der Waals surface area contributed by atoms with E-state index in [0.717, 1.165) is 58.6 Å². The number of rotatable bonds is 17. The molecule has 2 aliphatic heterocycles. The molecule has 2 amide bonds. The third-order valence-corrected chi connectivity index (χ3v) is 12.1. The molecular weight excluding hydrogens is 772 g/mol. The normalized spacial score (nSPS) is 19.3. The maximum absolute atomic E-state index is 15.0. The van der Waals surface area contributed by atoms with Crippen molar-refractivity contribution in [2.24, 2.45) is 0 Å². The Balaban J connectivity index is 1.26. The second-order valence-electron chi connectivity index (χ2n) is 14.1. The van der Waals surface area contributed by atoms with Crippen LogP contribution >= 0.6 is 11.6 Å². The van der Waals surface area contributed by atoms with E-state index >= 15 is 4.79 Å². The molecule has 6 rings (SSSR count). The zero-order valence-corrected chi connectivity index (χ0v) is 32.8. The largest absolute Gasteiger partial charge is 0.616 e. The molecule has 0 radical (unpaired) electrons. The SMILES string of the molecule is COc1cccc(CN(C(=O)C2=C(c3ccc(CCCOc4c(F)ccc(F)c4Cl)cc3)CC3C[S+]([O-])CC2N3C(=O)OCCCCON(O)O)C2CC2)c1C. The van der Waals surface area contributed by atoms with Gasteiger partial charge in [-0.3, -0.25) is 24.9 Å². The van der Waals surface area contributed by atoms with Gasteiger partial charge in [-0.1, -0.05) is 48.0 Å². The average Bonchev–Trinajstić information content (AvgIpc) is 4.02. The minimum Gasteiger partial charge on any atom is -0.616 e. The van der Waals surface area contributed by atoms with Gasteiger partial charge in [-0.25, -0.2) is 13.6 Å². The van der Waals surface area contributed by atoms with E-state index in [1.807, 2.05) is 54.3 Å². The van der Waals surface area contributed by atoms with Gasteiger partial charge in [0.05, 0.1) is 38.4 Å². The van der Waals surface area contributed by atoms with Crippen LogP contribution in [0.1, 0.15) is 60.8 Å². The maximum atomic E-state index is 15.0. The summed E-state index contributed by atoms with van der Waals surface area (Å²) < 4.78 is 58.0. The third kappa shape index (κ3) is 9.94. The van der Waals surface area contributed by atoms with Crippen molar-refractivity contribution in [2.75, 3.05) is 38.4 Å². The highest BCUT2D eigenvalue weighted by atomic mass is 35.5. The Morgan fingerprint density at radius 3 is 2.43 bits per heavy atom. The van der Waals surface area contributed by atoms with Gasteiger partial charge in [0.2, 0.25) is 0 Å². The zero-order valence-electron chi connectivity index (χ0n) is 31.3. The van der Waals surface area contributed by atoms with Crippen LogP contribution in [0.5, 0.6) is 11.5 Å². The van der Waals surface area contributed by atoms with Crippen molar-refractivity contribution in [1.82, 2.24) is 15.2 Å². The summed E-state index contributed by atoms with van der Waals surface area (Å²) in [5, 5.41) is 16.7. The average molecular weight is 818 g/mol. The number of amides is 2. The quantitative estimate of drug-likeness (QED) is 0.0631. The van der Waals surface area contributed by atoms with E-state index in [-0.39, 0.29) is 54.4 Å². The van der Waals surface area contributed by atoms with Crippen molar-refractivity contribution < 1.29 is 52.4 Å². The molecule has 1 saturated heterocycles. The Bertz CT molecular complexity index is 1900. The molecular formula is C40H46ClF2N3O9S. The smallest absolute Gasteiger partial charge is 0.410 e. The molecule has 16 heteroatoms. The van der Waals surface area contributed by atoms with E-state index in [1.54, 1.807) is 12.0 Å². The number of methoxy groups -OCH3 is 1. The number of carbonyl (C=O) groups is 2. The molecule has 3 unspecified atom stereocenters. The molecule has 3 aromatic carbocycles. The first-order chi connectivity index (χ1) is 27.0. The highest BCUT2D eigenvalue weighted by Gasteiger charge is 2.51. The number of ether oxygens (including phenoxy) is 3. The first-order valence-corrected chi connectivity index (χ1v) is 20.5. The van der Waals surface area contributed by atoms with Crippen LogP contribution in [0.2, 0.25) is 5.02 Å². The number of fused-ring (bicyclic) bond motifs is 2.